The first kappa shape index (κ1) is 23.9. The first-order valence-electron chi connectivity index (χ1n) is 12.3. The molecule has 4 aliphatic rings. The molecule has 0 aliphatic carbocycles. The number of rotatable bonds is 4. The number of fused-ring (bicyclic) bond motifs is 1. The molecule has 1 aromatic carbocycles. The first-order chi connectivity index (χ1) is 16.8. The molecular weight excluding hydrogens is 455 g/mol. The van der Waals surface area contributed by atoms with Crippen LogP contribution in [-0.2, 0) is 17.5 Å². The molecule has 0 bridgehead atoms. The van der Waals surface area contributed by atoms with E-state index in [0.29, 0.717) is 44.3 Å². The Morgan fingerprint density at radius 1 is 1.03 bits per heavy atom. The summed E-state index contributed by atoms with van der Waals surface area (Å²) in [5, 5.41) is 3.41. The van der Waals surface area contributed by atoms with E-state index in [1.165, 1.54) is 17.7 Å². The Hall–Kier alpha value is -2.78. The second-order valence-electron chi connectivity index (χ2n) is 9.76. The molecule has 9 heteroatoms. The van der Waals surface area contributed by atoms with Crippen molar-refractivity contribution in [2.75, 3.05) is 46.3 Å². The monoisotopic (exact) mass is 487 g/mol. The highest BCUT2D eigenvalue weighted by Gasteiger charge is 2.36. The average molecular weight is 488 g/mol. The summed E-state index contributed by atoms with van der Waals surface area (Å²) >= 11 is 0. The number of hydrogen-bond donors (Lipinski definition) is 1. The maximum Gasteiger partial charge on any atom is 0.416 e. The van der Waals surface area contributed by atoms with Gasteiger partial charge in [-0.2, -0.15) is 13.2 Å². The Kier molecular flexibility index (Phi) is 6.63. The smallest absolute Gasteiger partial charge is 0.345 e. The quantitative estimate of drug-likeness (QED) is 0.707. The van der Waals surface area contributed by atoms with Crippen molar-refractivity contribution in [1.29, 1.82) is 0 Å². The number of carbonyl (C=O) groups excluding carboxylic acids is 1. The van der Waals surface area contributed by atoms with Gasteiger partial charge in [-0.1, -0.05) is 18.2 Å². The van der Waals surface area contributed by atoms with Crippen LogP contribution < -0.4 is 5.32 Å². The van der Waals surface area contributed by atoms with E-state index < -0.39 is 11.7 Å². The minimum absolute atomic E-state index is 0.0281. The molecule has 1 unspecified atom stereocenters. The molecule has 0 aromatic heterocycles. The normalized spacial score (nSPS) is 23.9. The number of alkyl halides is 3. The van der Waals surface area contributed by atoms with Gasteiger partial charge in [-0.15, -0.1) is 0 Å². The number of amides is 1. The van der Waals surface area contributed by atoms with Crippen LogP contribution in [0.5, 0.6) is 0 Å². The minimum atomic E-state index is -4.32. The van der Waals surface area contributed by atoms with Crippen LogP contribution in [0.4, 0.5) is 13.2 Å². The van der Waals surface area contributed by atoms with E-state index in [1.54, 1.807) is 0 Å². The molecule has 4 heterocycles. The van der Waals surface area contributed by atoms with Gasteiger partial charge in [0.15, 0.2) is 0 Å². The van der Waals surface area contributed by atoms with Crippen LogP contribution in [0.3, 0.4) is 0 Å². The standard InChI is InChI=1S/C26H32F3N5O/c1-31-23(18-34-17-21(4-7-24(31)34)20-8-10-30-11-9-20)25(35)33-14-12-32(13-15-33)16-19-2-5-22(6-3-19)26(27,28)29/h2-7,17-18,20,24,30H,8-16H2,1H3. The number of hydrogen-bond acceptors (Lipinski definition) is 5. The van der Waals surface area contributed by atoms with Gasteiger partial charge in [-0.05, 0) is 61.2 Å². The van der Waals surface area contributed by atoms with Crippen molar-refractivity contribution < 1.29 is 18.0 Å². The van der Waals surface area contributed by atoms with Gasteiger partial charge in [0, 0.05) is 52.2 Å². The number of likely N-dealkylation sites (N-methyl/N-ethyl adjacent to an activating group) is 1. The molecule has 1 aromatic rings. The van der Waals surface area contributed by atoms with Crippen molar-refractivity contribution in [3.05, 3.63) is 71.2 Å². The van der Waals surface area contributed by atoms with E-state index in [2.05, 4.69) is 33.5 Å². The topological polar surface area (TPSA) is 42.1 Å². The van der Waals surface area contributed by atoms with Crippen LogP contribution in [0.25, 0.3) is 0 Å². The maximum atomic E-state index is 13.3. The van der Waals surface area contributed by atoms with Crippen LogP contribution >= 0.6 is 0 Å². The van der Waals surface area contributed by atoms with Gasteiger partial charge in [-0.3, -0.25) is 9.69 Å². The fourth-order valence-electron chi connectivity index (χ4n) is 5.34. The van der Waals surface area contributed by atoms with Gasteiger partial charge in [-0.25, -0.2) is 0 Å². The van der Waals surface area contributed by atoms with Crippen LogP contribution in [-0.4, -0.2) is 78.0 Å². The lowest BCUT2D eigenvalue weighted by molar-refractivity contribution is -0.137. The Morgan fingerprint density at radius 2 is 1.71 bits per heavy atom. The van der Waals surface area contributed by atoms with Crippen molar-refractivity contribution in [2.45, 2.75) is 31.7 Å². The predicted molar refractivity (Wildman–Crippen MR) is 128 cm³/mol. The van der Waals surface area contributed by atoms with Gasteiger partial charge in [0.1, 0.15) is 11.9 Å². The van der Waals surface area contributed by atoms with E-state index in [0.717, 1.165) is 43.6 Å². The van der Waals surface area contributed by atoms with Crippen LogP contribution in [0.15, 0.2) is 60.1 Å². The number of halogens is 3. The molecule has 0 radical (unpaired) electrons. The van der Waals surface area contributed by atoms with Crippen molar-refractivity contribution in [2.24, 2.45) is 5.92 Å². The van der Waals surface area contributed by atoms with Crippen LogP contribution in [0, 0.1) is 5.92 Å². The van der Waals surface area contributed by atoms with Gasteiger partial charge >= 0.3 is 6.18 Å². The zero-order chi connectivity index (χ0) is 24.6. The van der Waals surface area contributed by atoms with Crippen molar-refractivity contribution in [3.63, 3.8) is 0 Å². The Balaban J connectivity index is 1.17. The number of nitrogens with one attached hydrogen (secondary N) is 1. The minimum Gasteiger partial charge on any atom is -0.345 e. The second kappa shape index (κ2) is 9.70. The molecule has 4 aliphatic heterocycles. The van der Waals surface area contributed by atoms with E-state index in [-0.39, 0.29) is 12.1 Å². The fraction of sp³-hybridized carbons (Fsp3) is 0.500. The molecule has 2 saturated heterocycles. The van der Waals surface area contributed by atoms with Gasteiger partial charge in [0.2, 0.25) is 0 Å². The first-order valence-corrected chi connectivity index (χ1v) is 12.3. The number of piperidine rings is 1. The number of benzene rings is 1. The average Bonchev–Trinajstić information content (AvgIpc) is 3.20. The maximum absolute atomic E-state index is 13.3. The van der Waals surface area contributed by atoms with Gasteiger partial charge in [0.05, 0.1) is 5.56 Å². The van der Waals surface area contributed by atoms with E-state index in [4.69, 9.17) is 0 Å². The lowest BCUT2D eigenvalue weighted by Crippen LogP contribution is -2.50. The van der Waals surface area contributed by atoms with Crippen molar-refractivity contribution >= 4 is 5.91 Å². The van der Waals surface area contributed by atoms with E-state index in [9.17, 15) is 18.0 Å². The number of allylic oxidation sites excluding steroid dienone is 2. The summed E-state index contributed by atoms with van der Waals surface area (Å²) in [5.74, 6) is 0.589. The molecular formula is C26H32F3N5O. The molecule has 0 spiro atoms. The molecule has 6 nitrogen and oxygen atoms in total. The van der Waals surface area contributed by atoms with Gasteiger partial charge < -0.3 is 20.0 Å². The number of nitrogens with zero attached hydrogens (tertiary/aromatic N) is 4. The summed E-state index contributed by atoms with van der Waals surface area (Å²) in [6, 6.07) is 5.33. The Bertz CT molecular complexity index is 1020. The second-order valence-corrected chi connectivity index (χ2v) is 9.76. The SMILES string of the molecule is CN1C(C(=O)N2CCN(Cc3ccc(C(F)(F)F)cc3)CC2)=CN2C=C(C3CCNCC3)C=CC21. The van der Waals surface area contributed by atoms with E-state index >= 15 is 0 Å². The summed E-state index contributed by atoms with van der Waals surface area (Å²) < 4.78 is 38.4. The Labute approximate surface area is 204 Å². The molecule has 35 heavy (non-hydrogen) atoms. The zero-order valence-corrected chi connectivity index (χ0v) is 20.0. The summed E-state index contributed by atoms with van der Waals surface area (Å²) in [6.07, 6.45) is 6.53. The Morgan fingerprint density at radius 3 is 2.37 bits per heavy atom. The molecule has 1 atom stereocenters. The van der Waals surface area contributed by atoms with Gasteiger partial charge in [0.25, 0.3) is 5.91 Å². The summed E-state index contributed by atoms with van der Waals surface area (Å²) in [5.41, 5.74) is 2.24. The molecule has 1 amide bonds. The molecule has 0 saturated carbocycles. The van der Waals surface area contributed by atoms with Crippen molar-refractivity contribution in [1.82, 2.24) is 24.9 Å². The van der Waals surface area contributed by atoms with Crippen LogP contribution in [0.1, 0.15) is 24.0 Å². The summed E-state index contributed by atoms with van der Waals surface area (Å²) in [4.78, 5) is 21.6. The molecule has 5 rings (SSSR count). The number of piperazine rings is 1. The number of carbonyl (C=O) groups is 1. The molecule has 188 valence electrons. The van der Waals surface area contributed by atoms with Crippen LogP contribution in [0.2, 0.25) is 0 Å². The highest BCUT2D eigenvalue weighted by atomic mass is 19.4. The summed E-state index contributed by atoms with van der Waals surface area (Å²) in [6.45, 7) is 5.25. The summed E-state index contributed by atoms with van der Waals surface area (Å²) in [7, 11) is 1.96. The predicted octanol–water partition coefficient (Wildman–Crippen LogP) is 3.22. The van der Waals surface area contributed by atoms with E-state index in [1.807, 2.05) is 23.0 Å². The highest BCUT2D eigenvalue weighted by molar-refractivity contribution is 5.93. The lowest BCUT2D eigenvalue weighted by atomic mass is 9.89. The third kappa shape index (κ3) is 5.11. The third-order valence-corrected chi connectivity index (χ3v) is 7.49. The highest BCUT2D eigenvalue weighted by Crippen LogP contribution is 2.33. The molecule has 2 fully saturated rings. The van der Waals surface area contributed by atoms with Crippen molar-refractivity contribution in [3.8, 4) is 0 Å². The lowest BCUT2D eigenvalue weighted by Gasteiger charge is -2.36. The fourth-order valence-corrected chi connectivity index (χ4v) is 5.34. The third-order valence-electron chi connectivity index (χ3n) is 7.49. The zero-order valence-electron chi connectivity index (χ0n) is 20.0. The largest absolute Gasteiger partial charge is 0.416 e. The molecule has 1 N–H and O–H groups in total.